The molecule has 2 aromatic carbocycles. The van der Waals surface area contributed by atoms with E-state index in [1.165, 1.54) is 14.2 Å². The number of hydrogen-bond acceptors (Lipinski definition) is 8. The number of aromatic nitrogens is 2. The average molecular weight is 649 g/mol. The van der Waals surface area contributed by atoms with Gasteiger partial charge < -0.3 is 19.9 Å². The van der Waals surface area contributed by atoms with Crippen LogP contribution >= 0.6 is 0 Å². The van der Waals surface area contributed by atoms with Gasteiger partial charge in [-0.05, 0) is 88.1 Å². The van der Waals surface area contributed by atoms with Crippen LogP contribution in [0.3, 0.4) is 0 Å². The molecule has 14 heteroatoms. The molecule has 0 atom stereocenters. The molecule has 1 amide bonds. The molecule has 1 aliphatic rings. The standard InChI is InChI=1S/C31H39F3N6O4S/c1-20-7-8-21(27(17-20)40(4)45(6,42)43)9-11-25-24(31(32,33)34)19-35-30(36-25)37-26-12-10-22(18-28(26)44-5)29(41)39(3)23-13-15-38(2)16-14-23/h7-8,10,12,17-19,23H,9,11,13-16H2,1-6H3,(H,35,36,37). The maximum absolute atomic E-state index is 14.0. The lowest BCUT2D eigenvalue weighted by molar-refractivity contribution is -0.138. The van der Waals surface area contributed by atoms with Gasteiger partial charge >= 0.3 is 6.18 Å². The van der Waals surface area contributed by atoms with E-state index in [0.717, 1.165) is 48.3 Å². The van der Waals surface area contributed by atoms with Gasteiger partial charge in [0.1, 0.15) is 5.75 Å². The third-order valence-electron chi connectivity index (χ3n) is 8.13. The minimum Gasteiger partial charge on any atom is -0.495 e. The molecule has 0 saturated carbocycles. The Labute approximate surface area is 262 Å². The second-order valence-electron chi connectivity index (χ2n) is 11.4. The van der Waals surface area contributed by atoms with E-state index in [4.69, 9.17) is 4.74 Å². The van der Waals surface area contributed by atoms with Crippen molar-refractivity contribution in [2.45, 2.75) is 44.8 Å². The fraction of sp³-hybridized carbons (Fsp3) is 0.452. The number of likely N-dealkylation sites (tertiary alicyclic amines) is 1. The van der Waals surface area contributed by atoms with Gasteiger partial charge in [-0.3, -0.25) is 9.10 Å². The van der Waals surface area contributed by atoms with Gasteiger partial charge in [-0.25, -0.2) is 18.4 Å². The number of anilines is 3. The molecule has 0 aliphatic carbocycles. The molecule has 1 saturated heterocycles. The van der Waals surface area contributed by atoms with Crippen LogP contribution in [0.15, 0.2) is 42.6 Å². The highest BCUT2D eigenvalue weighted by atomic mass is 32.2. The third-order valence-corrected chi connectivity index (χ3v) is 9.32. The second-order valence-corrected chi connectivity index (χ2v) is 13.4. The first-order chi connectivity index (χ1) is 21.1. The predicted molar refractivity (Wildman–Crippen MR) is 168 cm³/mol. The van der Waals surface area contributed by atoms with Crippen LogP contribution in [0.1, 0.15) is 45.6 Å². The molecule has 2 heterocycles. The van der Waals surface area contributed by atoms with E-state index in [1.807, 2.05) is 0 Å². The highest BCUT2D eigenvalue weighted by Crippen LogP contribution is 2.34. The molecule has 1 fully saturated rings. The molecule has 244 valence electrons. The summed E-state index contributed by atoms with van der Waals surface area (Å²) in [6.45, 7) is 3.62. The number of ether oxygens (including phenoxy) is 1. The topological polar surface area (TPSA) is 108 Å². The van der Waals surface area contributed by atoms with Crippen LogP contribution in [0, 0.1) is 6.92 Å². The Hall–Kier alpha value is -3.91. The zero-order valence-electron chi connectivity index (χ0n) is 26.3. The van der Waals surface area contributed by atoms with E-state index < -0.39 is 21.8 Å². The second kappa shape index (κ2) is 13.6. The van der Waals surface area contributed by atoms with E-state index in [1.54, 1.807) is 55.3 Å². The molecular formula is C31H39F3N6O4S. The van der Waals surface area contributed by atoms with Crippen LogP contribution in [0.2, 0.25) is 0 Å². The number of piperidine rings is 1. The first-order valence-corrected chi connectivity index (χ1v) is 16.3. The molecule has 0 unspecified atom stereocenters. The van der Waals surface area contributed by atoms with Crippen LogP contribution in [0.4, 0.5) is 30.5 Å². The van der Waals surface area contributed by atoms with Crippen LogP contribution in [-0.2, 0) is 29.0 Å². The van der Waals surface area contributed by atoms with Crippen molar-refractivity contribution >= 4 is 33.3 Å². The number of carbonyl (C=O) groups excluding carboxylic acids is 1. The van der Waals surface area contributed by atoms with Crippen LogP contribution in [0.25, 0.3) is 0 Å². The number of benzene rings is 2. The van der Waals surface area contributed by atoms with Crippen molar-refractivity contribution in [2.75, 3.05) is 57.2 Å². The summed E-state index contributed by atoms with van der Waals surface area (Å²) in [5.41, 5.74) is 1.31. The maximum Gasteiger partial charge on any atom is 0.419 e. The Balaban J connectivity index is 1.58. The lowest BCUT2D eigenvalue weighted by Gasteiger charge is -2.35. The number of alkyl halides is 3. The third kappa shape index (κ3) is 8.23. The quantitative estimate of drug-likeness (QED) is 0.331. The summed E-state index contributed by atoms with van der Waals surface area (Å²) in [6.07, 6.45) is -1.19. The Morgan fingerprint density at radius 2 is 1.80 bits per heavy atom. The minimum atomic E-state index is -4.70. The minimum absolute atomic E-state index is 0.0868. The number of nitrogens with one attached hydrogen (secondary N) is 1. The van der Waals surface area contributed by atoms with Crippen molar-refractivity contribution in [3.8, 4) is 5.75 Å². The first kappa shape index (κ1) is 34.0. The molecular weight excluding hydrogens is 609 g/mol. The Morgan fingerprint density at radius 3 is 2.42 bits per heavy atom. The van der Waals surface area contributed by atoms with Gasteiger partial charge in [0.05, 0.1) is 36.0 Å². The van der Waals surface area contributed by atoms with Gasteiger partial charge in [0.15, 0.2) is 0 Å². The maximum atomic E-state index is 14.0. The Kier molecular flexibility index (Phi) is 10.3. The molecule has 0 spiro atoms. The highest BCUT2D eigenvalue weighted by molar-refractivity contribution is 7.92. The van der Waals surface area contributed by atoms with Gasteiger partial charge in [-0.2, -0.15) is 13.2 Å². The molecule has 0 radical (unpaired) electrons. The van der Waals surface area contributed by atoms with Gasteiger partial charge in [-0.15, -0.1) is 0 Å². The molecule has 1 aromatic heterocycles. The largest absolute Gasteiger partial charge is 0.495 e. The van der Waals surface area contributed by atoms with Crippen LogP contribution in [0.5, 0.6) is 5.75 Å². The van der Waals surface area contributed by atoms with E-state index in [9.17, 15) is 26.4 Å². The van der Waals surface area contributed by atoms with E-state index in [2.05, 4.69) is 27.2 Å². The van der Waals surface area contributed by atoms with Crippen molar-refractivity contribution in [1.29, 1.82) is 0 Å². The zero-order valence-corrected chi connectivity index (χ0v) is 27.1. The number of carbonyl (C=O) groups is 1. The Morgan fingerprint density at radius 1 is 1.11 bits per heavy atom. The molecule has 4 rings (SSSR count). The van der Waals surface area contributed by atoms with Gasteiger partial charge in [0.25, 0.3) is 5.91 Å². The summed E-state index contributed by atoms with van der Waals surface area (Å²) in [7, 11) is 3.08. The van der Waals surface area contributed by atoms with Gasteiger partial charge in [0, 0.05) is 31.9 Å². The van der Waals surface area contributed by atoms with Crippen LogP contribution < -0.4 is 14.4 Å². The summed E-state index contributed by atoms with van der Waals surface area (Å²) in [5, 5.41) is 2.93. The molecule has 45 heavy (non-hydrogen) atoms. The smallest absolute Gasteiger partial charge is 0.419 e. The van der Waals surface area contributed by atoms with E-state index in [-0.39, 0.29) is 36.4 Å². The van der Waals surface area contributed by atoms with Crippen molar-refractivity contribution < 1.29 is 31.1 Å². The molecule has 3 aromatic rings. The fourth-order valence-corrected chi connectivity index (χ4v) is 5.84. The van der Waals surface area contributed by atoms with E-state index in [0.29, 0.717) is 28.3 Å². The monoisotopic (exact) mass is 648 g/mol. The summed E-state index contributed by atoms with van der Waals surface area (Å²) >= 11 is 0. The number of sulfonamides is 1. The predicted octanol–water partition coefficient (Wildman–Crippen LogP) is 4.90. The number of hydrogen-bond donors (Lipinski definition) is 1. The summed E-state index contributed by atoms with van der Waals surface area (Å²) in [5.74, 6) is 0.0615. The number of rotatable bonds is 10. The van der Waals surface area contributed by atoms with Crippen LogP contribution in [-0.4, -0.2) is 87.7 Å². The summed E-state index contributed by atoms with van der Waals surface area (Å²) in [4.78, 5) is 25.3. The Bertz CT molecular complexity index is 1640. The molecule has 10 nitrogen and oxygen atoms in total. The fourth-order valence-electron chi connectivity index (χ4n) is 5.31. The molecule has 1 N–H and O–H groups in total. The van der Waals surface area contributed by atoms with Gasteiger partial charge in [0.2, 0.25) is 16.0 Å². The summed E-state index contributed by atoms with van der Waals surface area (Å²) in [6, 6.07) is 10.1. The number of aryl methyl sites for hydroxylation is 3. The molecule has 0 bridgehead atoms. The number of halogens is 3. The molecule has 1 aliphatic heterocycles. The average Bonchev–Trinajstić information content (AvgIpc) is 2.99. The lowest BCUT2D eigenvalue weighted by Crippen LogP contribution is -2.44. The number of methoxy groups -OCH3 is 1. The number of amides is 1. The van der Waals surface area contributed by atoms with Crippen molar-refractivity contribution in [2.24, 2.45) is 0 Å². The first-order valence-electron chi connectivity index (χ1n) is 14.5. The highest BCUT2D eigenvalue weighted by Gasteiger charge is 2.35. The normalized spacial score (nSPS) is 14.7. The SMILES string of the molecule is COc1cc(C(=O)N(C)C2CCN(C)CC2)ccc1Nc1ncc(C(F)(F)F)c(CCc2ccc(C)cc2N(C)S(C)(=O)=O)n1. The van der Waals surface area contributed by atoms with Crippen molar-refractivity contribution in [3.63, 3.8) is 0 Å². The van der Waals surface area contributed by atoms with Crippen molar-refractivity contribution in [1.82, 2.24) is 19.8 Å². The number of nitrogens with zero attached hydrogens (tertiary/aromatic N) is 5. The summed E-state index contributed by atoms with van der Waals surface area (Å²) < 4.78 is 72.9. The lowest BCUT2D eigenvalue weighted by atomic mass is 10.0. The van der Waals surface area contributed by atoms with Crippen molar-refractivity contribution in [3.05, 3.63) is 70.5 Å². The zero-order chi connectivity index (χ0) is 33.1. The van der Waals surface area contributed by atoms with E-state index >= 15 is 0 Å². The van der Waals surface area contributed by atoms with Gasteiger partial charge in [-0.1, -0.05) is 12.1 Å².